The number of benzene rings is 2. The number of nitrogens with zero attached hydrogens (tertiary/aromatic N) is 4. The van der Waals surface area contributed by atoms with Gasteiger partial charge in [0.2, 0.25) is 11.9 Å². The summed E-state index contributed by atoms with van der Waals surface area (Å²) in [7, 11) is -10.1. The molecule has 0 saturated carbocycles. The van der Waals surface area contributed by atoms with Crippen molar-refractivity contribution < 1.29 is 85.1 Å². The summed E-state index contributed by atoms with van der Waals surface area (Å²) in [5.74, 6) is -0.279. The summed E-state index contributed by atoms with van der Waals surface area (Å²) in [4.78, 5) is 14.1. The average molecular weight is 777 g/mol. The van der Waals surface area contributed by atoms with Crippen molar-refractivity contribution in [3.05, 3.63) is 78.2 Å². The summed E-state index contributed by atoms with van der Waals surface area (Å²) in [5.41, 5.74) is -0.115. The van der Waals surface area contributed by atoms with Gasteiger partial charge >= 0.3 is 59.1 Å². The molecule has 0 aliphatic heterocycles. The van der Waals surface area contributed by atoms with E-state index < -0.39 is 30.0 Å². The van der Waals surface area contributed by atoms with Crippen LogP contribution in [0.15, 0.2) is 46.2 Å². The van der Waals surface area contributed by atoms with Crippen LogP contribution in [0.25, 0.3) is 12.2 Å². The fraction of sp³-hybridized carbons (Fsp3) is 0. The third kappa shape index (κ3) is 10.0. The SMILES string of the molecule is O=S(=O)([O-])c1cc(Nc2nc(Cl)c(Cl)c(Cl)n2)ccc1/C=C/c1ccc(Nc2nc(Cl)c(Cl)c(Cl)n2)cc1S(=O)(=O)[O-].[Na+].[Na+]. The standard InChI is InChI=1S/C22H12Cl6N6O6S2.2Na/c23-15-17(25)31-21(32-18(15)26)29-11-5-3-9(13(7-11)41(35,36)37)1-2-10-4-6-12(8-14(10)42(38,39)40)30-22-33-19(27)16(24)20(28)34-22;;/h1-8H,(H,29,31,32)(H,30,33,34)(H,35,36,37)(H,38,39,40);;/q;2*+1/p-2/b2-1+;;. The fourth-order valence-electron chi connectivity index (χ4n) is 3.27. The normalized spacial score (nSPS) is 11.5. The van der Waals surface area contributed by atoms with E-state index in [1.165, 1.54) is 24.3 Å². The monoisotopic (exact) mass is 774 g/mol. The van der Waals surface area contributed by atoms with Gasteiger partial charge in [0.15, 0.2) is 20.6 Å². The first-order valence-corrected chi connectivity index (χ1v) is 15.8. The van der Waals surface area contributed by atoms with Crippen LogP contribution in [0.4, 0.5) is 23.3 Å². The molecule has 0 aliphatic carbocycles. The smallest absolute Gasteiger partial charge is 0.744 e. The second kappa shape index (κ2) is 16.1. The fourth-order valence-corrected chi connectivity index (χ4v) is 5.61. The predicted molar refractivity (Wildman–Crippen MR) is 158 cm³/mol. The summed E-state index contributed by atoms with van der Waals surface area (Å²) >= 11 is 35.1. The van der Waals surface area contributed by atoms with Crippen molar-refractivity contribution >= 4 is 125 Å². The Balaban J connectivity index is 0.00000337. The van der Waals surface area contributed by atoms with Gasteiger partial charge in [-0.2, -0.15) is 19.9 Å². The topological polar surface area (TPSA) is 190 Å². The summed E-state index contributed by atoms with van der Waals surface area (Å²) in [6.45, 7) is 0. The molecule has 4 rings (SSSR count). The number of rotatable bonds is 8. The van der Waals surface area contributed by atoms with Crippen LogP contribution >= 0.6 is 69.6 Å². The summed E-state index contributed by atoms with van der Waals surface area (Å²) < 4.78 is 72.2. The predicted octanol–water partition coefficient (Wildman–Crippen LogP) is 0.661. The molecule has 0 spiro atoms. The number of halogens is 6. The van der Waals surface area contributed by atoms with E-state index in [1.54, 1.807) is 0 Å². The number of hydrogen-bond donors (Lipinski definition) is 2. The molecule has 220 valence electrons. The van der Waals surface area contributed by atoms with Gasteiger partial charge in [0.05, 0.1) is 9.79 Å². The van der Waals surface area contributed by atoms with Gasteiger partial charge in [-0.15, -0.1) is 0 Å². The summed E-state index contributed by atoms with van der Waals surface area (Å²) in [5, 5.41) is 4.43. The molecular weight excluding hydrogens is 767 g/mol. The Kier molecular flexibility index (Phi) is 14.5. The second-order valence-electron chi connectivity index (χ2n) is 7.88. The third-order valence-electron chi connectivity index (χ3n) is 5.06. The molecule has 44 heavy (non-hydrogen) atoms. The van der Waals surface area contributed by atoms with E-state index in [2.05, 4.69) is 30.6 Å². The van der Waals surface area contributed by atoms with E-state index in [0.29, 0.717) is 0 Å². The van der Waals surface area contributed by atoms with Crippen molar-refractivity contribution in [2.45, 2.75) is 9.79 Å². The Labute approximate surface area is 325 Å². The van der Waals surface area contributed by atoms with Gasteiger partial charge in [-0.3, -0.25) is 0 Å². The molecular formula is C22H10Cl6N6Na2O6S2. The van der Waals surface area contributed by atoms with Gasteiger partial charge < -0.3 is 19.7 Å². The maximum absolute atomic E-state index is 12.0. The Bertz CT molecular complexity index is 1800. The van der Waals surface area contributed by atoms with Crippen molar-refractivity contribution in [2.75, 3.05) is 10.6 Å². The number of anilines is 4. The van der Waals surface area contributed by atoms with E-state index in [-0.39, 0.29) is 124 Å². The van der Waals surface area contributed by atoms with Gasteiger partial charge in [-0.05, 0) is 35.4 Å². The van der Waals surface area contributed by atoms with E-state index >= 15 is 0 Å². The van der Waals surface area contributed by atoms with Crippen LogP contribution in [-0.2, 0) is 20.2 Å². The van der Waals surface area contributed by atoms with E-state index in [1.807, 2.05) is 0 Å². The molecule has 0 saturated heterocycles. The molecule has 0 aliphatic rings. The molecule has 0 fully saturated rings. The van der Waals surface area contributed by atoms with Crippen LogP contribution in [0.1, 0.15) is 11.1 Å². The Morgan fingerprint density at radius 2 is 0.864 bits per heavy atom. The maximum atomic E-state index is 12.0. The van der Waals surface area contributed by atoms with Crippen LogP contribution in [0.5, 0.6) is 0 Å². The van der Waals surface area contributed by atoms with E-state index in [9.17, 15) is 25.9 Å². The molecule has 0 amide bonds. The third-order valence-corrected chi connectivity index (χ3v) is 9.04. The van der Waals surface area contributed by atoms with Gasteiger partial charge in [0, 0.05) is 11.4 Å². The molecule has 12 nitrogen and oxygen atoms in total. The quantitative estimate of drug-likeness (QED) is 0.110. The molecule has 0 unspecified atom stereocenters. The second-order valence-corrected chi connectivity index (χ2v) is 12.8. The maximum Gasteiger partial charge on any atom is 1.00 e. The minimum Gasteiger partial charge on any atom is -0.744 e. The van der Waals surface area contributed by atoms with Crippen LogP contribution in [0.2, 0.25) is 30.7 Å². The van der Waals surface area contributed by atoms with Gasteiger partial charge in [-0.1, -0.05) is 93.9 Å². The minimum absolute atomic E-state index is 0. The molecule has 0 radical (unpaired) electrons. The summed E-state index contributed by atoms with van der Waals surface area (Å²) in [6.07, 6.45) is 2.28. The average Bonchev–Trinajstić information content (AvgIpc) is 2.89. The van der Waals surface area contributed by atoms with Crippen LogP contribution < -0.4 is 69.7 Å². The van der Waals surface area contributed by atoms with Crippen molar-refractivity contribution in [2.24, 2.45) is 0 Å². The van der Waals surface area contributed by atoms with Gasteiger partial charge in [0.25, 0.3) is 0 Å². The molecule has 2 N–H and O–H groups in total. The zero-order chi connectivity index (χ0) is 31.0. The van der Waals surface area contributed by atoms with E-state index in [0.717, 1.165) is 24.3 Å². The van der Waals surface area contributed by atoms with Crippen LogP contribution in [0, 0.1) is 0 Å². The largest absolute Gasteiger partial charge is 1.00 e. The Hall–Kier alpha value is -0.500. The Morgan fingerprint density at radius 3 is 1.14 bits per heavy atom. The van der Waals surface area contributed by atoms with Crippen LogP contribution in [0.3, 0.4) is 0 Å². The molecule has 22 heteroatoms. The number of nitrogens with one attached hydrogen (secondary N) is 2. The van der Waals surface area contributed by atoms with Crippen molar-refractivity contribution in [3.8, 4) is 0 Å². The first-order valence-electron chi connectivity index (χ1n) is 10.7. The van der Waals surface area contributed by atoms with Crippen molar-refractivity contribution in [3.63, 3.8) is 0 Å². The van der Waals surface area contributed by atoms with Crippen molar-refractivity contribution in [1.82, 2.24) is 19.9 Å². The molecule has 2 aromatic carbocycles. The van der Waals surface area contributed by atoms with Gasteiger partial charge in [0.1, 0.15) is 30.3 Å². The number of aromatic nitrogens is 4. The van der Waals surface area contributed by atoms with E-state index in [4.69, 9.17) is 69.6 Å². The minimum atomic E-state index is -5.06. The molecule has 2 heterocycles. The van der Waals surface area contributed by atoms with Gasteiger partial charge in [-0.25, -0.2) is 16.8 Å². The molecule has 2 aromatic heterocycles. The number of hydrogen-bond acceptors (Lipinski definition) is 12. The Morgan fingerprint density at radius 1 is 0.568 bits per heavy atom. The summed E-state index contributed by atoms with van der Waals surface area (Å²) in [6, 6.07) is 7.21. The van der Waals surface area contributed by atoms with Crippen LogP contribution in [-0.4, -0.2) is 45.9 Å². The zero-order valence-electron chi connectivity index (χ0n) is 21.9. The zero-order valence-corrected chi connectivity index (χ0v) is 32.1. The molecule has 0 atom stereocenters. The van der Waals surface area contributed by atoms with Crippen molar-refractivity contribution in [1.29, 1.82) is 0 Å². The first kappa shape index (κ1) is 39.7. The molecule has 0 bridgehead atoms. The first-order chi connectivity index (χ1) is 19.5. The molecule has 4 aromatic rings.